The third-order valence-corrected chi connectivity index (χ3v) is 3.93. The Labute approximate surface area is 94.9 Å². The Hall–Kier alpha value is -1.63. The number of anilines is 1. The van der Waals surface area contributed by atoms with E-state index in [-0.39, 0.29) is 0 Å². The van der Waals surface area contributed by atoms with Crippen molar-refractivity contribution in [2.75, 3.05) is 18.0 Å². The molecule has 0 aromatic carbocycles. The van der Waals surface area contributed by atoms with E-state index in [0.717, 1.165) is 18.9 Å². The van der Waals surface area contributed by atoms with Gasteiger partial charge in [0.2, 0.25) is 0 Å². The summed E-state index contributed by atoms with van der Waals surface area (Å²) in [5.74, 6) is 0.919. The Morgan fingerprint density at radius 1 is 1.25 bits per heavy atom. The third-order valence-electron chi connectivity index (χ3n) is 3.93. The van der Waals surface area contributed by atoms with Crippen LogP contribution in [-0.2, 0) is 0 Å². The van der Waals surface area contributed by atoms with E-state index in [4.69, 9.17) is 5.26 Å². The van der Waals surface area contributed by atoms with Crippen molar-refractivity contribution in [2.45, 2.75) is 25.7 Å². The molecule has 4 nitrogen and oxygen atoms in total. The molecule has 2 fully saturated rings. The van der Waals surface area contributed by atoms with E-state index in [2.05, 4.69) is 14.9 Å². The van der Waals surface area contributed by atoms with E-state index in [9.17, 15) is 0 Å². The van der Waals surface area contributed by atoms with Crippen LogP contribution in [0.2, 0.25) is 0 Å². The van der Waals surface area contributed by atoms with Crippen LogP contribution >= 0.6 is 0 Å². The van der Waals surface area contributed by atoms with E-state index in [0.29, 0.717) is 11.1 Å². The molecule has 1 aliphatic heterocycles. The topological polar surface area (TPSA) is 52.8 Å². The number of hydrogen-bond donors (Lipinski definition) is 0. The van der Waals surface area contributed by atoms with Gasteiger partial charge >= 0.3 is 0 Å². The first-order valence-electron chi connectivity index (χ1n) is 5.78. The lowest BCUT2D eigenvalue weighted by molar-refractivity contribution is 0.165. The maximum absolute atomic E-state index is 8.66. The number of nitrogens with zero attached hydrogens (tertiary/aromatic N) is 4. The van der Waals surface area contributed by atoms with Gasteiger partial charge in [0.15, 0.2) is 5.69 Å². The molecule has 3 rings (SSSR count). The summed E-state index contributed by atoms with van der Waals surface area (Å²) in [4.78, 5) is 10.7. The molecule has 0 unspecified atom stereocenters. The lowest BCUT2D eigenvalue weighted by atomic mass is 9.68. The molecule has 0 bridgehead atoms. The Kier molecular flexibility index (Phi) is 2.06. The predicted octanol–water partition coefficient (Wildman–Crippen LogP) is 1.73. The van der Waals surface area contributed by atoms with Crippen molar-refractivity contribution in [2.24, 2.45) is 5.41 Å². The Morgan fingerprint density at radius 3 is 2.62 bits per heavy atom. The number of nitriles is 1. The maximum atomic E-state index is 8.66. The first kappa shape index (κ1) is 9.59. The minimum absolute atomic E-state index is 0.390. The van der Waals surface area contributed by atoms with Crippen molar-refractivity contribution < 1.29 is 0 Å². The molecule has 2 aliphatic rings. The van der Waals surface area contributed by atoms with E-state index in [1.165, 1.54) is 25.7 Å². The zero-order valence-electron chi connectivity index (χ0n) is 9.19. The Morgan fingerprint density at radius 2 is 2.12 bits per heavy atom. The van der Waals surface area contributed by atoms with Crippen LogP contribution in [0.5, 0.6) is 0 Å². The van der Waals surface area contributed by atoms with Crippen molar-refractivity contribution in [1.29, 1.82) is 5.26 Å². The number of hydrogen-bond acceptors (Lipinski definition) is 4. The molecular weight excluding hydrogens is 200 g/mol. The molecule has 1 aromatic rings. The second-order valence-electron chi connectivity index (χ2n) is 4.90. The minimum Gasteiger partial charge on any atom is -0.355 e. The van der Waals surface area contributed by atoms with Crippen molar-refractivity contribution in [3.63, 3.8) is 0 Å². The van der Waals surface area contributed by atoms with Crippen molar-refractivity contribution >= 4 is 5.82 Å². The lowest BCUT2D eigenvalue weighted by Crippen LogP contribution is -2.33. The van der Waals surface area contributed by atoms with E-state index in [1.54, 1.807) is 12.4 Å². The zero-order valence-corrected chi connectivity index (χ0v) is 9.19. The van der Waals surface area contributed by atoms with Crippen LogP contribution in [-0.4, -0.2) is 23.1 Å². The monoisotopic (exact) mass is 214 g/mol. The fourth-order valence-electron chi connectivity index (χ4n) is 2.76. The van der Waals surface area contributed by atoms with Gasteiger partial charge < -0.3 is 4.90 Å². The molecule has 1 saturated heterocycles. The number of rotatable bonds is 1. The van der Waals surface area contributed by atoms with Crippen LogP contribution in [0.25, 0.3) is 0 Å². The molecule has 1 aromatic heterocycles. The molecular formula is C12H14N4. The summed E-state index contributed by atoms with van der Waals surface area (Å²) in [5.41, 5.74) is 0.969. The highest BCUT2D eigenvalue weighted by Crippen LogP contribution is 2.48. The average molecular weight is 214 g/mol. The third kappa shape index (κ3) is 1.44. The summed E-state index contributed by atoms with van der Waals surface area (Å²) in [7, 11) is 0. The highest BCUT2D eigenvalue weighted by atomic mass is 15.2. The van der Waals surface area contributed by atoms with Crippen LogP contribution in [0.1, 0.15) is 31.4 Å². The average Bonchev–Trinajstić information content (AvgIpc) is 2.74. The van der Waals surface area contributed by atoms with Crippen LogP contribution in [0.4, 0.5) is 5.82 Å². The largest absolute Gasteiger partial charge is 0.355 e. The molecule has 2 heterocycles. The van der Waals surface area contributed by atoms with Gasteiger partial charge in [0.05, 0.1) is 12.4 Å². The molecule has 1 saturated carbocycles. The molecule has 16 heavy (non-hydrogen) atoms. The lowest BCUT2D eigenvalue weighted by Gasteiger charge is -2.38. The van der Waals surface area contributed by atoms with Gasteiger partial charge in [0, 0.05) is 13.1 Å². The summed E-state index contributed by atoms with van der Waals surface area (Å²) in [6, 6.07) is 1.99. The van der Waals surface area contributed by atoms with Crippen LogP contribution < -0.4 is 4.90 Å². The van der Waals surface area contributed by atoms with Gasteiger partial charge in [-0.15, -0.1) is 0 Å². The number of aromatic nitrogens is 2. The molecule has 1 spiro atoms. The smallest absolute Gasteiger partial charge is 0.158 e. The molecule has 1 aliphatic carbocycles. The summed E-state index contributed by atoms with van der Waals surface area (Å²) in [6.45, 7) is 2.20. The van der Waals surface area contributed by atoms with Crippen molar-refractivity contribution in [3.05, 3.63) is 18.1 Å². The molecule has 82 valence electrons. The summed E-state index contributed by atoms with van der Waals surface area (Å²) in [5, 5.41) is 8.66. The van der Waals surface area contributed by atoms with E-state index in [1.807, 2.05) is 6.07 Å². The zero-order chi connectivity index (χ0) is 11.0. The molecule has 4 heteroatoms. The van der Waals surface area contributed by atoms with E-state index >= 15 is 0 Å². The predicted molar refractivity (Wildman–Crippen MR) is 59.9 cm³/mol. The Balaban J connectivity index is 1.76. The molecule has 0 amide bonds. The van der Waals surface area contributed by atoms with Gasteiger partial charge in [-0.25, -0.2) is 9.97 Å². The summed E-state index contributed by atoms with van der Waals surface area (Å²) in [6.07, 6.45) is 8.68. The Bertz CT molecular complexity index is 427. The van der Waals surface area contributed by atoms with Gasteiger partial charge in [-0.05, 0) is 24.7 Å². The van der Waals surface area contributed by atoms with Crippen molar-refractivity contribution in [3.8, 4) is 6.07 Å². The van der Waals surface area contributed by atoms with Crippen LogP contribution in [0.3, 0.4) is 0 Å². The highest BCUT2D eigenvalue weighted by molar-refractivity contribution is 5.39. The van der Waals surface area contributed by atoms with Gasteiger partial charge in [-0.2, -0.15) is 5.26 Å². The van der Waals surface area contributed by atoms with Crippen LogP contribution in [0, 0.1) is 16.7 Å². The highest BCUT2D eigenvalue weighted by Gasteiger charge is 2.43. The van der Waals surface area contributed by atoms with Gasteiger partial charge in [-0.3, -0.25) is 0 Å². The van der Waals surface area contributed by atoms with Crippen LogP contribution in [0.15, 0.2) is 12.4 Å². The standard InChI is InChI=1S/C12H14N4/c13-6-10-7-15-11(8-14-10)16-5-4-12(9-16)2-1-3-12/h7-8H,1-5,9H2. The quantitative estimate of drug-likeness (QED) is 0.714. The van der Waals surface area contributed by atoms with E-state index < -0.39 is 0 Å². The fraction of sp³-hybridized carbons (Fsp3) is 0.583. The molecule has 0 atom stereocenters. The molecule has 0 radical (unpaired) electrons. The maximum Gasteiger partial charge on any atom is 0.158 e. The summed E-state index contributed by atoms with van der Waals surface area (Å²) < 4.78 is 0. The second kappa shape index (κ2) is 3.44. The first-order valence-corrected chi connectivity index (χ1v) is 5.78. The second-order valence-corrected chi connectivity index (χ2v) is 4.90. The first-order chi connectivity index (χ1) is 7.81. The summed E-state index contributed by atoms with van der Waals surface area (Å²) >= 11 is 0. The fourth-order valence-corrected chi connectivity index (χ4v) is 2.76. The van der Waals surface area contributed by atoms with Gasteiger partial charge in [-0.1, -0.05) is 6.42 Å². The van der Waals surface area contributed by atoms with Gasteiger partial charge in [0.25, 0.3) is 0 Å². The normalized spacial score (nSPS) is 21.8. The minimum atomic E-state index is 0.390. The van der Waals surface area contributed by atoms with Gasteiger partial charge in [0.1, 0.15) is 11.9 Å². The SMILES string of the molecule is N#Cc1cnc(N2CCC3(CCC3)C2)cn1. The van der Waals surface area contributed by atoms with Crippen molar-refractivity contribution in [1.82, 2.24) is 9.97 Å². The molecule has 0 N–H and O–H groups in total.